The van der Waals surface area contributed by atoms with Crippen molar-refractivity contribution >= 4 is 36.3 Å². The SMILES string of the molecule is C=NN(C)C(=CCCOc1cc(C=O)c(OCc2cn3cc(-c4ccn[nH]4)ccc3n2)cn1)c1cccn2cc(COc3cnc(OC)cc3C=O)nc12. The number of carbonyl (C=O) groups excluding carboxylic acids is 2. The van der Waals surface area contributed by atoms with Gasteiger partial charge in [0.2, 0.25) is 11.8 Å². The highest BCUT2D eigenvalue weighted by molar-refractivity contribution is 5.80. The third kappa shape index (κ3) is 7.62. The maximum absolute atomic E-state index is 12.0. The molecule has 0 aromatic carbocycles. The molecule has 0 unspecified atom stereocenters. The van der Waals surface area contributed by atoms with Gasteiger partial charge in [-0.3, -0.25) is 19.7 Å². The maximum atomic E-state index is 12.0. The molecule has 7 aromatic heterocycles. The van der Waals surface area contributed by atoms with Gasteiger partial charge in [-0.2, -0.15) is 10.2 Å². The van der Waals surface area contributed by atoms with Crippen LogP contribution in [0.3, 0.4) is 0 Å². The number of carbonyl (C=O) groups is 2. The predicted octanol–water partition coefficient (Wildman–Crippen LogP) is 5.31. The smallest absolute Gasteiger partial charge is 0.214 e. The molecule has 272 valence electrons. The molecular formula is C38H34N10O6. The Kier molecular flexibility index (Phi) is 10.3. The average Bonchev–Trinajstić information content (AvgIpc) is 3.99. The summed E-state index contributed by atoms with van der Waals surface area (Å²) < 4.78 is 26.6. The van der Waals surface area contributed by atoms with E-state index in [0.717, 1.165) is 28.2 Å². The standard InChI is InChI=1S/C38H34N10O6/c1-39-46(2)32(30-6-4-12-47-19-29(44-38(30)47)24-54-33-16-40-36(51-3)14-26(33)21-49)7-5-13-52-37-15-27(22-50)34(17-41-37)53-23-28-20-48-18-25(8-9-35(48)43-28)31-10-11-42-45-31/h4,6-12,14-22H,1,5,13,23-24H2,2-3H3,(H,42,45). The number of hydrogen-bond donors (Lipinski definition) is 1. The Morgan fingerprint density at radius 2 is 1.63 bits per heavy atom. The lowest BCUT2D eigenvalue weighted by atomic mass is 10.1. The van der Waals surface area contributed by atoms with E-state index in [9.17, 15) is 9.59 Å². The van der Waals surface area contributed by atoms with E-state index in [2.05, 4.69) is 37.0 Å². The summed E-state index contributed by atoms with van der Waals surface area (Å²) in [5.41, 5.74) is 6.77. The largest absolute Gasteiger partial charge is 0.485 e. The molecule has 1 N–H and O–H groups in total. The zero-order chi connectivity index (χ0) is 37.4. The van der Waals surface area contributed by atoms with Crippen LogP contribution in [-0.4, -0.2) is 84.0 Å². The first-order chi connectivity index (χ1) is 26.5. The molecule has 0 saturated carbocycles. The minimum Gasteiger partial charge on any atom is -0.485 e. The van der Waals surface area contributed by atoms with Crippen LogP contribution in [0.25, 0.3) is 28.2 Å². The number of methoxy groups -OCH3 is 1. The highest BCUT2D eigenvalue weighted by atomic mass is 16.5. The summed E-state index contributed by atoms with van der Waals surface area (Å²) in [5.74, 6) is 1.23. The number of aldehydes is 2. The Morgan fingerprint density at radius 3 is 2.33 bits per heavy atom. The summed E-state index contributed by atoms with van der Waals surface area (Å²) in [4.78, 5) is 41.4. The molecule has 0 atom stereocenters. The van der Waals surface area contributed by atoms with Crippen molar-refractivity contribution in [1.82, 2.24) is 43.9 Å². The summed E-state index contributed by atoms with van der Waals surface area (Å²) >= 11 is 0. The Hall–Kier alpha value is -7.36. The van der Waals surface area contributed by atoms with Crippen LogP contribution in [0.4, 0.5) is 0 Å². The zero-order valence-electron chi connectivity index (χ0n) is 29.3. The molecule has 7 aromatic rings. The highest BCUT2D eigenvalue weighted by Crippen LogP contribution is 2.26. The van der Waals surface area contributed by atoms with Crippen molar-refractivity contribution in [3.63, 3.8) is 0 Å². The van der Waals surface area contributed by atoms with E-state index < -0.39 is 0 Å². The number of rotatable bonds is 17. The Bertz CT molecular complexity index is 2470. The van der Waals surface area contributed by atoms with E-state index >= 15 is 0 Å². The van der Waals surface area contributed by atoms with E-state index in [1.54, 1.807) is 24.3 Å². The van der Waals surface area contributed by atoms with Crippen molar-refractivity contribution in [2.45, 2.75) is 19.6 Å². The molecule has 0 fully saturated rings. The number of nitrogens with zero attached hydrogens (tertiary/aromatic N) is 9. The van der Waals surface area contributed by atoms with Crippen molar-refractivity contribution < 1.29 is 28.5 Å². The second-order valence-corrected chi connectivity index (χ2v) is 11.8. The van der Waals surface area contributed by atoms with Gasteiger partial charge in [0.25, 0.3) is 0 Å². The first kappa shape index (κ1) is 35.1. The normalized spacial score (nSPS) is 11.4. The minimum absolute atomic E-state index is 0.104. The summed E-state index contributed by atoms with van der Waals surface area (Å²) in [6, 6.07) is 12.6. The second kappa shape index (κ2) is 15.9. The molecule has 7 heterocycles. The quantitative estimate of drug-likeness (QED) is 0.0555. The van der Waals surface area contributed by atoms with E-state index in [1.165, 1.54) is 25.6 Å². The van der Waals surface area contributed by atoms with Gasteiger partial charge in [0.15, 0.2) is 12.6 Å². The van der Waals surface area contributed by atoms with Crippen molar-refractivity contribution in [2.75, 3.05) is 20.8 Å². The predicted molar refractivity (Wildman–Crippen MR) is 198 cm³/mol. The molecule has 16 heteroatoms. The molecule has 0 aliphatic rings. The molecular weight excluding hydrogens is 692 g/mol. The first-order valence-electron chi connectivity index (χ1n) is 16.6. The Balaban J connectivity index is 0.993. The van der Waals surface area contributed by atoms with Gasteiger partial charge in [0.05, 0.1) is 60.0 Å². The van der Waals surface area contributed by atoms with Gasteiger partial charge >= 0.3 is 0 Å². The van der Waals surface area contributed by atoms with E-state index in [1.807, 2.05) is 70.0 Å². The topological polar surface area (TPSA) is 176 Å². The number of hydrazone groups is 1. The third-order valence-corrected chi connectivity index (χ3v) is 8.35. The summed E-state index contributed by atoms with van der Waals surface area (Å²) in [5, 5.41) is 12.7. The Morgan fingerprint density at radius 1 is 0.907 bits per heavy atom. The molecule has 0 radical (unpaired) electrons. The number of nitrogens with one attached hydrogen (secondary N) is 1. The van der Waals surface area contributed by atoms with Crippen molar-refractivity contribution in [3.8, 4) is 34.5 Å². The first-order valence-corrected chi connectivity index (χ1v) is 16.6. The van der Waals surface area contributed by atoms with Crippen molar-refractivity contribution in [3.05, 3.63) is 120 Å². The number of H-pyrrole nitrogens is 1. The third-order valence-electron chi connectivity index (χ3n) is 8.35. The van der Waals surface area contributed by atoms with Gasteiger partial charge in [0, 0.05) is 74.4 Å². The monoisotopic (exact) mass is 726 g/mol. The molecule has 0 saturated heterocycles. The second-order valence-electron chi connectivity index (χ2n) is 11.8. The number of fused-ring (bicyclic) bond motifs is 2. The van der Waals surface area contributed by atoms with Crippen LogP contribution in [0.15, 0.2) is 97.0 Å². The van der Waals surface area contributed by atoms with Gasteiger partial charge in [-0.05, 0) is 30.3 Å². The van der Waals surface area contributed by atoms with Crippen molar-refractivity contribution in [1.29, 1.82) is 0 Å². The van der Waals surface area contributed by atoms with Crippen LogP contribution in [0, 0.1) is 0 Å². The molecule has 54 heavy (non-hydrogen) atoms. The molecule has 0 spiro atoms. The van der Waals surface area contributed by atoms with Crippen LogP contribution in [-0.2, 0) is 13.2 Å². The number of aromatic nitrogens is 8. The fraction of sp³-hybridized carbons (Fsp3) is 0.158. The molecule has 7 rings (SSSR count). The molecule has 0 aliphatic carbocycles. The molecule has 16 nitrogen and oxygen atoms in total. The summed E-state index contributed by atoms with van der Waals surface area (Å²) in [6.07, 6.45) is 16.0. The van der Waals surface area contributed by atoms with Gasteiger partial charge in [-0.15, -0.1) is 0 Å². The maximum Gasteiger partial charge on any atom is 0.214 e. The highest BCUT2D eigenvalue weighted by Gasteiger charge is 2.15. The van der Waals surface area contributed by atoms with E-state index in [-0.39, 0.29) is 25.7 Å². The zero-order valence-corrected chi connectivity index (χ0v) is 29.3. The van der Waals surface area contributed by atoms with Crippen molar-refractivity contribution in [2.24, 2.45) is 5.10 Å². The van der Waals surface area contributed by atoms with Crippen LogP contribution in [0.2, 0.25) is 0 Å². The Labute approximate surface area is 308 Å². The molecule has 0 aliphatic heterocycles. The van der Waals surface area contributed by atoms with E-state index in [0.29, 0.717) is 64.5 Å². The summed E-state index contributed by atoms with van der Waals surface area (Å²) in [6.45, 7) is 4.20. The van der Waals surface area contributed by atoms with Gasteiger partial charge in [0.1, 0.15) is 36.0 Å². The van der Waals surface area contributed by atoms with Crippen LogP contribution in [0.1, 0.15) is 44.1 Å². The number of ether oxygens (including phenoxy) is 4. The van der Waals surface area contributed by atoms with Gasteiger partial charge in [-0.1, -0.05) is 6.08 Å². The molecule has 0 amide bonds. The van der Waals surface area contributed by atoms with Crippen LogP contribution < -0.4 is 18.9 Å². The number of aromatic amines is 1. The van der Waals surface area contributed by atoms with Crippen LogP contribution >= 0.6 is 0 Å². The molecule has 0 bridgehead atoms. The fourth-order valence-electron chi connectivity index (χ4n) is 5.67. The van der Waals surface area contributed by atoms with E-state index in [4.69, 9.17) is 23.9 Å². The average molecular weight is 727 g/mol. The number of imidazole rings is 2. The number of pyridine rings is 4. The van der Waals surface area contributed by atoms with Gasteiger partial charge in [-0.25, -0.2) is 19.9 Å². The lowest BCUT2D eigenvalue weighted by molar-refractivity contribution is 0.111. The fourth-order valence-corrected chi connectivity index (χ4v) is 5.67. The minimum atomic E-state index is 0.104. The number of hydrogen-bond acceptors (Lipinski definition) is 13. The van der Waals surface area contributed by atoms with Gasteiger partial charge < -0.3 is 27.7 Å². The van der Waals surface area contributed by atoms with Crippen LogP contribution in [0.5, 0.6) is 23.3 Å². The lowest BCUT2D eigenvalue weighted by Crippen LogP contribution is -2.11. The lowest BCUT2D eigenvalue weighted by Gasteiger charge is -2.18. The summed E-state index contributed by atoms with van der Waals surface area (Å²) in [7, 11) is 3.26.